The summed E-state index contributed by atoms with van der Waals surface area (Å²) >= 11 is 0. The van der Waals surface area contributed by atoms with Crippen LogP contribution in [-0.2, 0) is 17.8 Å². The topological polar surface area (TPSA) is 77.0 Å². The summed E-state index contributed by atoms with van der Waals surface area (Å²) in [7, 11) is 0. The van der Waals surface area contributed by atoms with Gasteiger partial charge in [-0.3, -0.25) is 4.79 Å². The summed E-state index contributed by atoms with van der Waals surface area (Å²) in [6.07, 6.45) is 9.94. The Kier molecular flexibility index (Phi) is 4.57. The lowest BCUT2D eigenvalue weighted by atomic mass is 9.92. The number of nitrogens with zero attached hydrogens (tertiary/aromatic N) is 4. The first-order valence-corrected chi connectivity index (χ1v) is 9.72. The number of aryl methyl sites for hydroxylation is 1. The third-order valence-electron chi connectivity index (χ3n) is 6.25. The summed E-state index contributed by atoms with van der Waals surface area (Å²) in [6, 6.07) is 0.115. The minimum atomic E-state index is 0.115. The Morgan fingerprint density at radius 3 is 2.79 bits per heavy atom. The van der Waals surface area contributed by atoms with Crippen molar-refractivity contribution in [3.05, 3.63) is 11.6 Å². The Balaban J connectivity index is 1.59. The number of rotatable bonds is 3. The van der Waals surface area contributed by atoms with E-state index in [0.29, 0.717) is 18.4 Å². The quantitative estimate of drug-likeness (QED) is 0.919. The largest absolute Gasteiger partial charge is 0.332 e. The molecule has 1 amide bonds. The molecule has 6 nitrogen and oxygen atoms in total. The first-order valence-electron chi connectivity index (χ1n) is 9.72. The van der Waals surface area contributed by atoms with Gasteiger partial charge in [-0.2, -0.15) is 0 Å². The van der Waals surface area contributed by atoms with E-state index in [2.05, 4.69) is 19.7 Å². The minimum absolute atomic E-state index is 0.115. The van der Waals surface area contributed by atoms with E-state index in [4.69, 9.17) is 5.73 Å². The van der Waals surface area contributed by atoms with Crippen LogP contribution < -0.4 is 5.73 Å². The Morgan fingerprint density at radius 1 is 1.04 bits per heavy atom. The second-order valence-electron chi connectivity index (χ2n) is 7.66. The van der Waals surface area contributed by atoms with Crippen LogP contribution in [0.5, 0.6) is 0 Å². The monoisotopic (exact) mass is 331 g/mol. The van der Waals surface area contributed by atoms with Crippen molar-refractivity contribution in [2.24, 2.45) is 17.6 Å². The molecule has 3 aliphatic rings. The highest BCUT2D eigenvalue weighted by atomic mass is 16.2. The molecule has 1 saturated heterocycles. The van der Waals surface area contributed by atoms with E-state index in [0.717, 1.165) is 63.3 Å². The average molecular weight is 331 g/mol. The fourth-order valence-corrected chi connectivity index (χ4v) is 4.90. The number of piperidine rings is 1. The molecule has 1 aromatic heterocycles. The molecule has 2 N–H and O–H groups in total. The number of fused-ring (bicyclic) bond motifs is 1. The van der Waals surface area contributed by atoms with E-state index >= 15 is 0 Å². The van der Waals surface area contributed by atoms with E-state index in [9.17, 15) is 4.79 Å². The van der Waals surface area contributed by atoms with Gasteiger partial charge in [0, 0.05) is 25.4 Å². The molecule has 24 heavy (non-hydrogen) atoms. The van der Waals surface area contributed by atoms with Crippen molar-refractivity contribution < 1.29 is 4.79 Å². The molecule has 3 atom stereocenters. The Bertz CT molecular complexity index is 598. The SMILES string of the molecule is NC[C@H]1CCC[C@H]1C(=O)N1CCCCC1c1nnc2n1CCCC2. The summed E-state index contributed by atoms with van der Waals surface area (Å²) in [5, 5.41) is 8.92. The van der Waals surface area contributed by atoms with Gasteiger partial charge in [0.1, 0.15) is 5.82 Å². The van der Waals surface area contributed by atoms with Crippen LogP contribution in [0.2, 0.25) is 0 Å². The Hall–Kier alpha value is -1.43. The molecule has 0 aromatic carbocycles. The third kappa shape index (κ3) is 2.75. The number of carbonyl (C=O) groups is 1. The van der Waals surface area contributed by atoms with Crippen molar-refractivity contribution in [1.29, 1.82) is 0 Å². The van der Waals surface area contributed by atoms with Gasteiger partial charge in [-0.1, -0.05) is 6.42 Å². The van der Waals surface area contributed by atoms with Crippen LogP contribution in [0.1, 0.15) is 69.1 Å². The van der Waals surface area contributed by atoms with E-state index in [-0.39, 0.29) is 12.0 Å². The number of amides is 1. The fraction of sp³-hybridized carbons (Fsp3) is 0.833. The van der Waals surface area contributed by atoms with Gasteiger partial charge >= 0.3 is 0 Å². The van der Waals surface area contributed by atoms with E-state index in [1.54, 1.807) is 0 Å². The van der Waals surface area contributed by atoms with E-state index in [1.807, 2.05) is 0 Å². The summed E-state index contributed by atoms with van der Waals surface area (Å²) < 4.78 is 2.29. The summed E-state index contributed by atoms with van der Waals surface area (Å²) in [4.78, 5) is 15.4. The van der Waals surface area contributed by atoms with Crippen LogP contribution in [0.25, 0.3) is 0 Å². The normalized spacial score (nSPS) is 30.4. The molecule has 1 unspecified atom stereocenters. The molecule has 1 aliphatic carbocycles. The minimum Gasteiger partial charge on any atom is -0.332 e. The van der Waals surface area contributed by atoms with Gasteiger partial charge in [0.25, 0.3) is 0 Å². The first-order chi connectivity index (χ1) is 11.8. The van der Waals surface area contributed by atoms with Gasteiger partial charge in [0.2, 0.25) is 5.91 Å². The highest BCUT2D eigenvalue weighted by molar-refractivity contribution is 5.80. The van der Waals surface area contributed by atoms with Crippen molar-refractivity contribution in [1.82, 2.24) is 19.7 Å². The molecule has 4 rings (SSSR count). The summed E-state index contributed by atoms with van der Waals surface area (Å²) in [5.41, 5.74) is 5.91. The standard InChI is InChI=1S/C18H29N5O/c19-12-13-6-5-7-14(13)18(24)22-10-3-1-8-15(22)17-21-20-16-9-2-4-11-23(16)17/h13-15H,1-12,19H2/t13-,14-,15?/m1/s1. The average Bonchev–Trinajstić information content (AvgIpc) is 3.27. The number of nitrogens with two attached hydrogens (primary N) is 1. The lowest BCUT2D eigenvalue weighted by Gasteiger charge is -2.38. The predicted molar refractivity (Wildman–Crippen MR) is 91.2 cm³/mol. The Labute approximate surface area is 143 Å². The van der Waals surface area contributed by atoms with E-state index < -0.39 is 0 Å². The molecule has 1 aromatic rings. The van der Waals surface area contributed by atoms with Crippen LogP contribution in [-0.4, -0.2) is 38.7 Å². The maximum atomic E-state index is 13.3. The van der Waals surface area contributed by atoms with Crippen LogP contribution in [0.3, 0.4) is 0 Å². The molecule has 2 fully saturated rings. The van der Waals surface area contributed by atoms with E-state index in [1.165, 1.54) is 19.3 Å². The zero-order valence-corrected chi connectivity index (χ0v) is 14.5. The molecular weight excluding hydrogens is 302 g/mol. The molecule has 132 valence electrons. The third-order valence-corrected chi connectivity index (χ3v) is 6.25. The molecule has 3 heterocycles. The van der Waals surface area contributed by atoms with Gasteiger partial charge in [-0.15, -0.1) is 10.2 Å². The second kappa shape index (κ2) is 6.82. The van der Waals surface area contributed by atoms with Crippen LogP contribution >= 0.6 is 0 Å². The van der Waals surface area contributed by atoms with Gasteiger partial charge in [-0.05, 0) is 57.4 Å². The first kappa shape index (κ1) is 16.1. The van der Waals surface area contributed by atoms with Crippen LogP contribution in [0.4, 0.5) is 0 Å². The molecule has 0 spiro atoms. The lowest BCUT2D eigenvalue weighted by Crippen LogP contribution is -2.44. The van der Waals surface area contributed by atoms with Crippen LogP contribution in [0.15, 0.2) is 0 Å². The van der Waals surface area contributed by atoms with Crippen molar-refractivity contribution in [3.63, 3.8) is 0 Å². The summed E-state index contributed by atoms with van der Waals surface area (Å²) in [6.45, 7) is 2.50. The zero-order valence-electron chi connectivity index (χ0n) is 14.5. The highest BCUT2D eigenvalue weighted by Crippen LogP contribution is 2.37. The number of carbonyl (C=O) groups excluding carboxylic acids is 1. The maximum Gasteiger partial charge on any atom is 0.226 e. The number of likely N-dealkylation sites (tertiary alicyclic amines) is 1. The molecule has 6 heteroatoms. The number of hydrogen-bond acceptors (Lipinski definition) is 4. The van der Waals surface area contributed by atoms with Crippen molar-refractivity contribution in [2.75, 3.05) is 13.1 Å². The zero-order chi connectivity index (χ0) is 16.5. The Morgan fingerprint density at radius 2 is 1.92 bits per heavy atom. The van der Waals surface area contributed by atoms with Gasteiger partial charge in [0.05, 0.1) is 6.04 Å². The second-order valence-corrected chi connectivity index (χ2v) is 7.66. The van der Waals surface area contributed by atoms with Crippen LogP contribution in [0, 0.1) is 11.8 Å². The molecule has 1 saturated carbocycles. The lowest BCUT2D eigenvalue weighted by molar-refractivity contribution is -0.140. The predicted octanol–water partition coefficient (Wildman–Crippen LogP) is 2.04. The van der Waals surface area contributed by atoms with Gasteiger partial charge < -0.3 is 15.2 Å². The maximum absolute atomic E-state index is 13.3. The molecule has 0 bridgehead atoms. The molecule has 0 radical (unpaired) electrons. The number of aromatic nitrogens is 3. The van der Waals surface area contributed by atoms with Gasteiger partial charge in [0.15, 0.2) is 5.82 Å². The fourth-order valence-electron chi connectivity index (χ4n) is 4.90. The smallest absolute Gasteiger partial charge is 0.226 e. The van der Waals surface area contributed by atoms with Gasteiger partial charge in [-0.25, -0.2) is 0 Å². The molecule has 2 aliphatic heterocycles. The molecular formula is C18H29N5O. The van der Waals surface area contributed by atoms with Crippen molar-refractivity contribution >= 4 is 5.91 Å². The van der Waals surface area contributed by atoms with Crippen molar-refractivity contribution in [2.45, 2.75) is 70.4 Å². The number of hydrogen-bond donors (Lipinski definition) is 1. The van der Waals surface area contributed by atoms with Crippen molar-refractivity contribution in [3.8, 4) is 0 Å². The highest BCUT2D eigenvalue weighted by Gasteiger charge is 2.39. The summed E-state index contributed by atoms with van der Waals surface area (Å²) in [5.74, 6) is 2.95.